The van der Waals surface area contributed by atoms with Gasteiger partial charge < -0.3 is 11.1 Å². The van der Waals surface area contributed by atoms with Crippen LogP contribution < -0.4 is 11.1 Å². The summed E-state index contributed by atoms with van der Waals surface area (Å²) in [4.78, 5) is 20.7. The molecule has 2 rings (SSSR count). The Bertz CT molecular complexity index is 571. The molecular weight excluding hydrogens is 300 g/mol. The lowest BCUT2D eigenvalue weighted by Crippen LogP contribution is -2.27. The largest absolute Gasteiger partial charge is 0.365 e. The molecule has 1 fully saturated rings. The first kappa shape index (κ1) is 18.7. The standard InChI is InChI=1S/C19H32N4O/c1-12-6-8-14(9-7-12)22-18-21-11-15(17(20)24)16(23-18)10-13(2)19(3,4)5/h11-14H,6-10H2,1-5H3,(H2,20,24)(H,21,22,23)/t12?,13-,14?/m0/s1. The van der Waals surface area contributed by atoms with Crippen LogP contribution in [0.4, 0.5) is 5.95 Å². The minimum atomic E-state index is -0.454. The molecule has 0 saturated heterocycles. The van der Waals surface area contributed by atoms with Crippen molar-refractivity contribution in [2.75, 3.05) is 5.32 Å². The van der Waals surface area contributed by atoms with Crippen molar-refractivity contribution >= 4 is 11.9 Å². The van der Waals surface area contributed by atoms with Crippen LogP contribution in [-0.4, -0.2) is 21.9 Å². The number of aromatic nitrogens is 2. The Morgan fingerprint density at radius 3 is 2.50 bits per heavy atom. The third-order valence-electron chi connectivity index (χ3n) is 5.46. The summed E-state index contributed by atoms with van der Waals surface area (Å²) in [5.74, 6) is 1.36. The first-order chi connectivity index (χ1) is 11.2. The Morgan fingerprint density at radius 1 is 1.33 bits per heavy atom. The number of rotatable bonds is 5. The van der Waals surface area contributed by atoms with Crippen LogP contribution in [-0.2, 0) is 6.42 Å². The fourth-order valence-corrected chi connectivity index (χ4v) is 3.03. The Labute approximate surface area is 145 Å². The van der Waals surface area contributed by atoms with E-state index in [1.807, 2.05) is 0 Å². The number of nitrogens with two attached hydrogens (primary N) is 1. The summed E-state index contributed by atoms with van der Waals surface area (Å²) in [5.41, 5.74) is 6.85. The molecule has 0 aromatic carbocycles. The van der Waals surface area contributed by atoms with E-state index >= 15 is 0 Å². The van der Waals surface area contributed by atoms with Crippen molar-refractivity contribution in [1.29, 1.82) is 0 Å². The van der Waals surface area contributed by atoms with Crippen molar-refractivity contribution in [2.24, 2.45) is 23.0 Å². The molecule has 134 valence electrons. The molecule has 0 spiro atoms. The number of hydrogen-bond donors (Lipinski definition) is 2. The summed E-state index contributed by atoms with van der Waals surface area (Å²) < 4.78 is 0. The van der Waals surface area contributed by atoms with Crippen LogP contribution in [0.2, 0.25) is 0 Å². The van der Waals surface area contributed by atoms with Crippen molar-refractivity contribution in [3.63, 3.8) is 0 Å². The zero-order chi connectivity index (χ0) is 17.9. The molecular formula is C19H32N4O. The van der Waals surface area contributed by atoms with E-state index in [-0.39, 0.29) is 5.41 Å². The number of nitrogens with zero attached hydrogens (tertiary/aromatic N) is 2. The number of hydrogen-bond acceptors (Lipinski definition) is 4. The third-order valence-corrected chi connectivity index (χ3v) is 5.46. The second-order valence-electron chi connectivity index (χ2n) is 8.49. The van der Waals surface area contributed by atoms with Crippen LogP contribution in [0, 0.1) is 17.3 Å². The van der Waals surface area contributed by atoms with Crippen molar-refractivity contribution in [3.8, 4) is 0 Å². The van der Waals surface area contributed by atoms with Gasteiger partial charge >= 0.3 is 0 Å². The van der Waals surface area contributed by atoms with Gasteiger partial charge in [-0.25, -0.2) is 9.97 Å². The molecule has 1 aromatic heterocycles. The molecule has 5 heteroatoms. The molecule has 0 aliphatic heterocycles. The Kier molecular flexibility index (Phi) is 5.83. The lowest BCUT2D eigenvalue weighted by atomic mass is 9.79. The van der Waals surface area contributed by atoms with Gasteiger partial charge in [-0.3, -0.25) is 4.79 Å². The quantitative estimate of drug-likeness (QED) is 0.859. The van der Waals surface area contributed by atoms with Gasteiger partial charge in [-0.05, 0) is 49.4 Å². The SMILES string of the molecule is CC1CCC(Nc2ncc(C(N)=O)c(C[C@H](C)C(C)(C)C)n2)CC1. The fraction of sp³-hybridized carbons (Fsp3) is 0.737. The number of primary amides is 1. The molecule has 1 saturated carbocycles. The molecule has 1 aliphatic carbocycles. The molecule has 1 heterocycles. The van der Waals surface area contributed by atoms with E-state index in [0.29, 0.717) is 23.5 Å². The van der Waals surface area contributed by atoms with Gasteiger partial charge in [0.15, 0.2) is 0 Å². The molecule has 3 N–H and O–H groups in total. The van der Waals surface area contributed by atoms with Gasteiger partial charge in [-0.15, -0.1) is 0 Å². The maximum atomic E-state index is 11.7. The number of nitrogens with one attached hydrogen (secondary N) is 1. The summed E-state index contributed by atoms with van der Waals surface area (Å²) in [6.07, 6.45) is 7.08. The minimum Gasteiger partial charge on any atom is -0.365 e. The summed E-state index contributed by atoms with van der Waals surface area (Å²) in [6.45, 7) is 11.1. The fourth-order valence-electron chi connectivity index (χ4n) is 3.03. The summed E-state index contributed by atoms with van der Waals surface area (Å²) in [7, 11) is 0. The normalized spacial score (nSPS) is 22.9. The molecule has 1 aromatic rings. The number of carbonyl (C=O) groups is 1. The topological polar surface area (TPSA) is 80.9 Å². The molecule has 1 atom stereocenters. The minimum absolute atomic E-state index is 0.146. The number of anilines is 1. The van der Waals surface area contributed by atoms with Crippen molar-refractivity contribution in [2.45, 2.75) is 72.8 Å². The highest BCUT2D eigenvalue weighted by Gasteiger charge is 2.24. The molecule has 1 aliphatic rings. The van der Waals surface area contributed by atoms with Gasteiger partial charge in [0.2, 0.25) is 5.95 Å². The van der Waals surface area contributed by atoms with Gasteiger partial charge in [0, 0.05) is 12.2 Å². The van der Waals surface area contributed by atoms with Crippen molar-refractivity contribution in [3.05, 3.63) is 17.5 Å². The van der Waals surface area contributed by atoms with Crippen LogP contribution >= 0.6 is 0 Å². The van der Waals surface area contributed by atoms with E-state index in [2.05, 4.69) is 49.9 Å². The molecule has 0 unspecified atom stereocenters. The molecule has 0 bridgehead atoms. The second-order valence-corrected chi connectivity index (χ2v) is 8.49. The third kappa shape index (κ3) is 4.92. The van der Waals surface area contributed by atoms with Gasteiger partial charge in [0.1, 0.15) is 0 Å². The molecule has 24 heavy (non-hydrogen) atoms. The maximum absolute atomic E-state index is 11.7. The van der Waals surface area contributed by atoms with E-state index in [1.165, 1.54) is 12.8 Å². The molecule has 0 radical (unpaired) electrons. The van der Waals surface area contributed by atoms with Gasteiger partial charge in [-0.1, -0.05) is 34.6 Å². The van der Waals surface area contributed by atoms with Crippen molar-refractivity contribution in [1.82, 2.24) is 9.97 Å². The average molecular weight is 332 g/mol. The van der Waals surface area contributed by atoms with E-state index < -0.39 is 5.91 Å². The Hall–Kier alpha value is -1.65. The lowest BCUT2D eigenvalue weighted by molar-refractivity contribution is 0.0997. The van der Waals surface area contributed by atoms with Crippen molar-refractivity contribution < 1.29 is 4.79 Å². The molecule has 5 nitrogen and oxygen atoms in total. The average Bonchev–Trinajstić information content (AvgIpc) is 2.48. The lowest BCUT2D eigenvalue weighted by Gasteiger charge is -2.28. The monoisotopic (exact) mass is 332 g/mol. The summed E-state index contributed by atoms with van der Waals surface area (Å²) >= 11 is 0. The smallest absolute Gasteiger partial charge is 0.252 e. The first-order valence-electron chi connectivity index (χ1n) is 9.09. The molecule has 1 amide bonds. The highest BCUT2D eigenvalue weighted by atomic mass is 16.1. The van der Waals surface area contributed by atoms with Crippen LogP contribution in [0.3, 0.4) is 0 Å². The summed E-state index contributed by atoms with van der Waals surface area (Å²) in [5, 5.41) is 3.45. The summed E-state index contributed by atoms with van der Waals surface area (Å²) in [6, 6.07) is 0.425. The highest BCUT2D eigenvalue weighted by molar-refractivity contribution is 5.93. The van der Waals surface area contributed by atoms with Crippen LogP contribution in [0.25, 0.3) is 0 Å². The maximum Gasteiger partial charge on any atom is 0.252 e. The first-order valence-corrected chi connectivity index (χ1v) is 9.09. The highest BCUT2D eigenvalue weighted by Crippen LogP contribution is 2.29. The van der Waals surface area contributed by atoms with Gasteiger partial charge in [0.25, 0.3) is 5.91 Å². The Morgan fingerprint density at radius 2 is 1.96 bits per heavy atom. The predicted octanol–water partition coefficient (Wildman–Crippen LogP) is 3.79. The zero-order valence-corrected chi connectivity index (χ0v) is 15.7. The van der Waals surface area contributed by atoms with E-state index in [0.717, 1.165) is 30.9 Å². The number of carbonyl (C=O) groups excluding carboxylic acids is 1. The van der Waals surface area contributed by atoms with Crippen LogP contribution in [0.15, 0.2) is 6.20 Å². The van der Waals surface area contributed by atoms with E-state index in [1.54, 1.807) is 6.20 Å². The van der Waals surface area contributed by atoms with Gasteiger partial charge in [-0.2, -0.15) is 0 Å². The van der Waals surface area contributed by atoms with Gasteiger partial charge in [0.05, 0.1) is 11.3 Å². The predicted molar refractivity (Wildman–Crippen MR) is 97.9 cm³/mol. The zero-order valence-electron chi connectivity index (χ0n) is 15.7. The number of amides is 1. The van der Waals surface area contributed by atoms with E-state index in [9.17, 15) is 4.79 Å². The van der Waals surface area contributed by atoms with E-state index in [4.69, 9.17) is 5.73 Å². The van der Waals surface area contributed by atoms with Crippen LogP contribution in [0.5, 0.6) is 0 Å². The second kappa shape index (κ2) is 7.49. The Balaban J connectivity index is 2.16. The van der Waals surface area contributed by atoms with Crippen LogP contribution in [0.1, 0.15) is 76.4 Å².